The van der Waals surface area contributed by atoms with Crippen LogP contribution in [0.2, 0.25) is 0 Å². The van der Waals surface area contributed by atoms with Gasteiger partial charge in [0.25, 0.3) is 15.9 Å². The molecule has 1 aromatic heterocycles. The number of nitrogens with zero attached hydrogens (tertiary/aromatic N) is 3. The van der Waals surface area contributed by atoms with Gasteiger partial charge in [0, 0.05) is 23.9 Å². The van der Waals surface area contributed by atoms with Crippen molar-refractivity contribution in [3.63, 3.8) is 0 Å². The fraction of sp³-hybridized carbons (Fsp3) is 0.111. The summed E-state index contributed by atoms with van der Waals surface area (Å²) >= 11 is 5.04. The summed E-state index contributed by atoms with van der Waals surface area (Å²) in [6, 6.07) is 13.2. The molecule has 1 aliphatic rings. The summed E-state index contributed by atoms with van der Waals surface area (Å²) in [5, 5.41) is 12.5. The number of carbonyl (C=O) groups is 1. The molecular formula is C18H16N6O3S2. The molecule has 9 nitrogen and oxygen atoms in total. The Hall–Kier alpha value is -3.31. The van der Waals surface area contributed by atoms with Crippen LogP contribution in [0.5, 0.6) is 0 Å². The summed E-state index contributed by atoms with van der Waals surface area (Å²) in [7, 11) is -1.93. The lowest BCUT2D eigenvalue weighted by atomic mass is 10.1. The molecule has 29 heavy (non-hydrogen) atoms. The summed E-state index contributed by atoms with van der Waals surface area (Å²) < 4.78 is 30.2. The van der Waals surface area contributed by atoms with Gasteiger partial charge in [-0.05, 0) is 48.6 Å². The number of amides is 1. The Bertz CT molecular complexity index is 1290. The van der Waals surface area contributed by atoms with Crippen molar-refractivity contribution in [2.24, 2.45) is 11.4 Å². The first-order chi connectivity index (χ1) is 13.8. The van der Waals surface area contributed by atoms with Crippen LogP contribution in [0.15, 0.2) is 57.8 Å². The van der Waals surface area contributed by atoms with E-state index in [-0.39, 0.29) is 23.2 Å². The van der Waals surface area contributed by atoms with Crippen LogP contribution in [-0.4, -0.2) is 34.9 Å². The maximum atomic E-state index is 12.3. The Balaban J connectivity index is 1.45. The van der Waals surface area contributed by atoms with Crippen LogP contribution in [0, 0.1) is 4.77 Å². The van der Waals surface area contributed by atoms with Crippen molar-refractivity contribution < 1.29 is 13.2 Å². The first-order valence-electron chi connectivity index (χ1n) is 8.55. The number of anilines is 1. The molecule has 1 amide bonds. The Kier molecular flexibility index (Phi) is 4.76. The number of hydrogen-bond donors (Lipinski definition) is 3. The first kappa shape index (κ1) is 19.0. The zero-order chi connectivity index (χ0) is 20.6. The Labute approximate surface area is 171 Å². The maximum absolute atomic E-state index is 12.3. The number of H-pyrrole nitrogens is 1. The average Bonchev–Trinajstić information content (AvgIpc) is 3.17. The van der Waals surface area contributed by atoms with Crippen molar-refractivity contribution in [3.8, 4) is 0 Å². The number of fused-ring (bicyclic) bond motifs is 1. The lowest BCUT2D eigenvalue weighted by Crippen LogP contribution is -2.24. The second-order valence-electron chi connectivity index (χ2n) is 6.30. The lowest BCUT2D eigenvalue weighted by Gasteiger charge is -2.08. The van der Waals surface area contributed by atoms with Gasteiger partial charge < -0.3 is 15.2 Å². The SMILES string of the molecule is Cn1c(CNC(=O)c2ccc(NC3=NS(=O)(=O)c4ccccc43)cc2)n[nH]c1=S. The van der Waals surface area contributed by atoms with Crippen molar-refractivity contribution in [1.82, 2.24) is 20.1 Å². The van der Waals surface area contributed by atoms with E-state index in [1.54, 1.807) is 54.1 Å². The highest BCUT2D eigenvalue weighted by molar-refractivity contribution is 7.90. The van der Waals surface area contributed by atoms with Gasteiger partial charge in [0.1, 0.15) is 4.90 Å². The lowest BCUT2D eigenvalue weighted by molar-refractivity contribution is 0.0949. The molecular weight excluding hydrogens is 412 g/mol. The molecule has 0 spiro atoms. The third-order valence-corrected chi connectivity index (χ3v) is 6.12. The van der Waals surface area contributed by atoms with E-state index in [0.717, 1.165) is 0 Å². The summed E-state index contributed by atoms with van der Waals surface area (Å²) in [4.78, 5) is 12.5. The molecule has 0 unspecified atom stereocenters. The van der Waals surface area contributed by atoms with Crippen molar-refractivity contribution in [1.29, 1.82) is 0 Å². The minimum atomic E-state index is -3.69. The summed E-state index contributed by atoms with van der Waals surface area (Å²) in [6.45, 7) is 0.230. The smallest absolute Gasteiger partial charge is 0.285 e. The van der Waals surface area contributed by atoms with E-state index in [0.29, 0.717) is 27.4 Å². The maximum Gasteiger partial charge on any atom is 0.285 e. The van der Waals surface area contributed by atoms with Crippen molar-refractivity contribution in [2.45, 2.75) is 11.4 Å². The van der Waals surface area contributed by atoms with Gasteiger partial charge in [0.2, 0.25) is 0 Å². The van der Waals surface area contributed by atoms with E-state index in [9.17, 15) is 13.2 Å². The topological polar surface area (TPSA) is 121 Å². The number of hydrogen-bond acceptors (Lipinski definition) is 6. The van der Waals surface area contributed by atoms with Gasteiger partial charge in [-0.3, -0.25) is 9.89 Å². The molecule has 11 heteroatoms. The quantitative estimate of drug-likeness (QED) is 0.546. The number of rotatable bonds is 4. The standard InChI is InChI=1S/C18H16N6O3S2/c1-24-15(21-22-18(24)28)10-19-17(25)11-6-8-12(9-7-11)20-16-13-4-2-3-5-14(13)29(26,27)23-16/h2-9H,10H2,1H3,(H,19,25)(H,20,23)(H,22,28). The Morgan fingerprint density at radius 2 is 1.90 bits per heavy atom. The third kappa shape index (κ3) is 3.69. The molecule has 0 atom stereocenters. The predicted molar refractivity (Wildman–Crippen MR) is 110 cm³/mol. The van der Waals surface area contributed by atoms with Crippen molar-refractivity contribution in [2.75, 3.05) is 5.32 Å². The average molecular weight is 428 g/mol. The highest BCUT2D eigenvalue weighted by atomic mass is 32.2. The van der Waals surface area contributed by atoms with Gasteiger partial charge in [-0.2, -0.15) is 13.5 Å². The summed E-state index contributed by atoms with van der Waals surface area (Å²) in [5.41, 5.74) is 1.58. The Morgan fingerprint density at radius 3 is 2.59 bits per heavy atom. The molecule has 148 valence electrons. The van der Waals surface area contributed by atoms with Crippen LogP contribution in [0.1, 0.15) is 21.7 Å². The minimum Gasteiger partial charge on any atom is -0.345 e. The molecule has 3 aromatic rings. The van der Waals surface area contributed by atoms with Crippen LogP contribution >= 0.6 is 12.2 Å². The number of aromatic nitrogens is 3. The molecule has 0 aliphatic carbocycles. The van der Waals surface area contributed by atoms with Gasteiger partial charge in [-0.1, -0.05) is 12.1 Å². The monoisotopic (exact) mass is 428 g/mol. The highest BCUT2D eigenvalue weighted by Crippen LogP contribution is 2.26. The second kappa shape index (κ2) is 7.26. The number of carbonyl (C=O) groups excluding carboxylic acids is 1. The summed E-state index contributed by atoms with van der Waals surface area (Å²) in [5.74, 6) is 0.598. The predicted octanol–water partition coefficient (Wildman–Crippen LogP) is 1.97. The molecule has 0 bridgehead atoms. The van der Waals surface area contributed by atoms with Crippen molar-refractivity contribution >= 4 is 39.7 Å². The first-order valence-corrected chi connectivity index (χ1v) is 10.4. The van der Waals surface area contributed by atoms with Gasteiger partial charge in [-0.15, -0.1) is 4.40 Å². The molecule has 1 aliphatic heterocycles. The van der Waals surface area contributed by atoms with E-state index in [4.69, 9.17) is 12.2 Å². The number of benzene rings is 2. The molecule has 0 fully saturated rings. The van der Waals surface area contributed by atoms with E-state index < -0.39 is 10.0 Å². The van der Waals surface area contributed by atoms with Crippen molar-refractivity contribution in [3.05, 3.63) is 70.3 Å². The molecule has 0 radical (unpaired) electrons. The second-order valence-corrected chi connectivity index (χ2v) is 8.26. The highest BCUT2D eigenvalue weighted by Gasteiger charge is 2.28. The minimum absolute atomic E-state index is 0.173. The largest absolute Gasteiger partial charge is 0.345 e. The zero-order valence-electron chi connectivity index (χ0n) is 15.2. The zero-order valence-corrected chi connectivity index (χ0v) is 16.8. The fourth-order valence-electron chi connectivity index (χ4n) is 2.84. The van der Waals surface area contributed by atoms with Crippen LogP contribution < -0.4 is 10.6 Å². The molecule has 0 saturated carbocycles. The van der Waals surface area contributed by atoms with Gasteiger partial charge in [-0.25, -0.2) is 0 Å². The van der Waals surface area contributed by atoms with E-state index in [1.165, 1.54) is 6.07 Å². The molecule has 3 N–H and O–H groups in total. The van der Waals surface area contributed by atoms with Gasteiger partial charge in [0.15, 0.2) is 16.4 Å². The van der Waals surface area contributed by atoms with Gasteiger partial charge in [0.05, 0.1) is 6.54 Å². The molecule has 4 rings (SSSR count). The number of nitrogens with one attached hydrogen (secondary N) is 3. The molecule has 2 heterocycles. The number of amidine groups is 1. The van der Waals surface area contributed by atoms with Gasteiger partial charge >= 0.3 is 0 Å². The molecule has 0 saturated heterocycles. The summed E-state index contributed by atoms with van der Waals surface area (Å²) in [6.07, 6.45) is 0. The van der Waals surface area contributed by atoms with Crippen LogP contribution in [0.25, 0.3) is 0 Å². The van der Waals surface area contributed by atoms with E-state index >= 15 is 0 Å². The van der Waals surface area contributed by atoms with E-state index in [2.05, 4.69) is 25.2 Å². The van der Waals surface area contributed by atoms with Crippen LogP contribution in [0.3, 0.4) is 0 Å². The fourth-order valence-corrected chi connectivity index (χ4v) is 4.16. The number of aromatic amines is 1. The Morgan fingerprint density at radius 1 is 1.17 bits per heavy atom. The number of sulfonamides is 1. The van der Waals surface area contributed by atoms with Crippen LogP contribution in [-0.2, 0) is 23.6 Å². The molecule has 2 aromatic carbocycles. The third-order valence-electron chi connectivity index (χ3n) is 4.42. The normalized spacial score (nSPS) is 14.2. The van der Waals surface area contributed by atoms with Crippen LogP contribution in [0.4, 0.5) is 5.69 Å². The van der Waals surface area contributed by atoms with E-state index in [1.807, 2.05) is 0 Å².